The van der Waals surface area contributed by atoms with Crippen molar-refractivity contribution in [2.45, 2.75) is 38.1 Å². The lowest BCUT2D eigenvalue weighted by Gasteiger charge is -2.26. The molecule has 0 aliphatic heterocycles. The lowest BCUT2D eigenvalue weighted by Crippen LogP contribution is -2.26. The molecule has 0 heterocycles. The van der Waals surface area contributed by atoms with E-state index in [1.807, 2.05) is 0 Å². The van der Waals surface area contributed by atoms with Crippen LogP contribution in [0.4, 0.5) is 0 Å². The third-order valence-electron chi connectivity index (χ3n) is 3.23. The van der Waals surface area contributed by atoms with Gasteiger partial charge in [-0.1, -0.05) is 24.3 Å². The van der Waals surface area contributed by atoms with Crippen molar-refractivity contribution < 1.29 is 0 Å². The monoisotopic (exact) mass is 214 g/mol. The number of nitrogens with zero attached hydrogens (tertiary/aromatic N) is 1. The Morgan fingerprint density at radius 1 is 1.38 bits per heavy atom. The molecule has 1 atom stereocenters. The van der Waals surface area contributed by atoms with Crippen molar-refractivity contribution >= 4 is 0 Å². The van der Waals surface area contributed by atoms with E-state index >= 15 is 0 Å². The Kier molecular flexibility index (Phi) is 3.96. The van der Waals surface area contributed by atoms with Crippen molar-refractivity contribution in [3.63, 3.8) is 0 Å². The molecule has 1 aromatic carbocycles. The van der Waals surface area contributed by atoms with Gasteiger partial charge in [-0.2, -0.15) is 5.26 Å². The highest BCUT2D eigenvalue weighted by molar-refractivity contribution is 5.32. The van der Waals surface area contributed by atoms with Gasteiger partial charge in [-0.15, -0.1) is 0 Å². The number of benzene rings is 1. The molecule has 0 spiro atoms. The maximum absolute atomic E-state index is 8.48. The minimum Gasteiger partial charge on any atom is -0.310 e. The maximum Gasteiger partial charge on any atom is 0.0622 e. The highest BCUT2D eigenvalue weighted by Gasteiger charge is 2.18. The van der Waals surface area contributed by atoms with Gasteiger partial charge in [0.25, 0.3) is 0 Å². The third-order valence-corrected chi connectivity index (χ3v) is 3.23. The van der Waals surface area contributed by atoms with Gasteiger partial charge in [0.1, 0.15) is 0 Å². The normalized spacial score (nSPS) is 18.8. The fourth-order valence-corrected chi connectivity index (χ4v) is 2.41. The average Bonchev–Trinajstić information content (AvgIpc) is 2.35. The molecule has 16 heavy (non-hydrogen) atoms. The van der Waals surface area contributed by atoms with Gasteiger partial charge >= 0.3 is 0 Å². The molecule has 0 saturated carbocycles. The summed E-state index contributed by atoms with van der Waals surface area (Å²) >= 11 is 0. The van der Waals surface area contributed by atoms with Crippen LogP contribution in [0.1, 0.15) is 42.9 Å². The van der Waals surface area contributed by atoms with Crippen molar-refractivity contribution in [1.82, 2.24) is 5.32 Å². The molecule has 1 aromatic rings. The van der Waals surface area contributed by atoms with E-state index in [1.165, 1.54) is 30.4 Å². The summed E-state index contributed by atoms with van der Waals surface area (Å²) in [6, 6.07) is 11.4. The Morgan fingerprint density at radius 2 is 2.25 bits per heavy atom. The molecule has 2 rings (SSSR count). The zero-order valence-corrected chi connectivity index (χ0v) is 9.58. The maximum atomic E-state index is 8.48. The second-order valence-corrected chi connectivity index (χ2v) is 4.36. The predicted molar refractivity (Wildman–Crippen MR) is 65.0 cm³/mol. The Morgan fingerprint density at radius 3 is 3.12 bits per heavy atom. The molecule has 2 heteroatoms. The van der Waals surface area contributed by atoms with Crippen LogP contribution >= 0.6 is 0 Å². The zero-order chi connectivity index (χ0) is 11.2. The van der Waals surface area contributed by atoms with Crippen molar-refractivity contribution in [2.75, 3.05) is 6.54 Å². The Hall–Kier alpha value is -1.33. The summed E-state index contributed by atoms with van der Waals surface area (Å²) in [5, 5.41) is 12.0. The van der Waals surface area contributed by atoms with Crippen LogP contribution in [0.25, 0.3) is 0 Å². The smallest absolute Gasteiger partial charge is 0.0622 e. The lowest BCUT2D eigenvalue weighted by molar-refractivity contribution is 0.457. The number of rotatable bonds is 4. The predicted octanol–water partition coefficient (Wildman–Crippen LogP) is 2.96. The molecule has 1 aliphatic carbocycles. The highest BCUT2D eigenvalue weighted by Crippen LogP contribution is 2.29. The van der Waals surface area contributed by atoms with Crippen LogP contribution in [0.2, 0.25) is 0 Å². The number of nitriles is 1. The minimum atomic E-state index is 0.503. The molecule has 84 valence electrons. The molecular weight excluding hydrogens is 196 g/mol. The number of fused-ring (bicyclic) bond motifs is 1. The number of hydrogen-bond acceptors (Lipinski definition) is 2. The van der Waals surface area contributed by atoms with E-state index in [0.29, 0.717) is 12.5 Å². The zero-order valence-electron chi connectivity index (χ0n) is 9.58. The van der Waals surface area contributed by atoms with Gasteiger partial charge in [-0.3, -0.25) is 0 Å². The fourth-order valence-electron chi connectivity index (χ4n) is 2.41. The summed E-state index contributed by atoms with van der Waals surface area (Å²) in [5.41, 5.74) is 2.96. The van der Waals surface area contributed by atoms with Crippen LogP contribution in [0.5, 0.6) is 0 Å². The van der Waals surface area contributed by atoms with Gasteiger partial charge in [0.2, 0.25) is 0 Å². The van der Waals surface area contributed by atoms with Crippen LogP contribution in [-0.2, 0) is 6.42 Å². The van der Waals surface area contributed by atoms with Crippen LogP contribution in [-0.4, -0.2) is 6.54 Å². The first-order valence-electron chi connectivity index (χ1n) is 6.10. The van der Waals surface area contributed by atoms with Crippen molar-refractivity contribution in [1.29, 1.82) is 5.26 Å². The Labute approximate surface area is 97.3 Å². The first-order chi connectivity index (χ1) is 7.92. The van der Waals surface area contributed by atoms with Crippen LogP contribution in [0.3, 0.4) is 0 Å². The molecule has 0 amide bonds. The lowest BCUT2D eigenvalue weighted by atomic mass is 9.88. The molecule has 1 aliphatic rings. The standard InChI is InChI=1S/C14H18N2/c15-10-3-4-11-16-14-9-5-7-12-6-1-2-8-13(12)14/h1-2,6,8,14,16H,3-5,7,9,11H2. The summed E-state index contributed by atoms with van der Waals surface area (Å²) in [7, 11) is 0. The van der Waals surface area contributed by atoms with Gasteiger partial charge in [0.15, 0.2) is 0 Å². The van der Waals surface area contributed by atoms with Gasteiger partial charge in [-0.05, 0) is 43.4 Å². The second kappa shape index (κ2) is 5.67. The van der Waals surface area contributed by atoms with E-state index in [2.05, 4.69) is 35.7 Å². The number of unbranched alkanes of at least 4 members (excludes halogenated alkanes) is 1. The average molecular weight is 214 g/mol. The van der Waals surface area contributed by atoms with E-state index in [1.54, 1.807) is 0 Å². The van der Waals surface area contributed by atoms with Crippen molar-refractivity contribution in [2.24, 2.45) is 0 Å². The number of aryl methyl sites for hydroxylation is 1. The summed E-state index contributed by atoms with van der Waals surface area (Å²) < 4.78 is 0. The topological polar surface area (TPSA) is 35.8 Å². The summed E-state index contributed by atoms with van der Waals surface area (Å²) in [6.45, 7) is 0.951. The minimum absolute atomic E-state index is 0.503. The second-order valence-electron chi connectivity index (χ2n) is 4.36. The summed E-state index contributed by atoms with van der Waals surface area (Å²) in [4.78, 5) is 0. The molecule has 0 fully saturated rings. The van der Waals surface area contributed by atoms with Crippen LogP contribution < -0.4 is 5.32 Å². The Bertz CT molecular complexity index is 379. The van der Waals surface area contributed by atoms with Gasteiger partial charge < -0.3 is 5.32 Å². The first kappa shape index (κ1) is 11.2. The van der Waals surface area contributed by atoms with Crippen LogP contribution in [0.15, 0.2) is 24.3 Å². The molecule has 0 saturated heterocycles. The molecular formula is C14H18N2. The molecule has 1 N–H and O–H groups in total. The SMILES string of the molecule is N#CCCCNC1CCCc2ccccc21. The quantitative estimate of drug-likeness (QED) is 0.782. The summed E-state index contributed by atoms with van der Waals surface area (Å²) in [5.74, 6) is 0. The van der Waals surface area contributed by atoms with Gasteiger partial charge in [-0.25, -0.2) is 0 Å². The van der Waals surface area contributed by atoms with Gasteiger partial charge in [0, 0.05) is 12.5 Å². The number of nitrogens with one attached hydrogen (secondary N) is 1. The molecule has 0 aromatic heterocycles. The van der Waals surface area contributed by atoms with Crippen LogP contribution in [0, 0.1) is 11.3 Å². The van der Waals surface area contributed by atoms with Crippen molar-refractivity contribution in [3.05, 3.63) is 35.4 Å². The van der Waals surface area contributed by atoms with E-state index < -0.39 is 0 Å². The molecule has 0 bridgehead atoms. The fraction of sp³-hybridized carbons (Fsp3) is 0.500. The molecule has 0 radical (unpaired) electrons. The van der Waals surface area contributed by atoms with E-state index in [9.17, 15) is 0 Å². The van der Waals surface area contributed by atoms with E-state index in [0.717, 1.165) is 13.0 Å². The number of hydrogen-bond donors (Lipinski definition) is 1. The molecule has 1 unspecified atom stereocenters. The van der Waals surface area contributed by atoms with Gasteiger partial charge in [0.05, 0.1) is 6.07 Å². The highest BCUT2D eigenvalue weighted by atomic mass is 14.9. The van der Waals surface area contributed by atoms with Crippen molar-refractivity contribution in [3.8, 4) is 6.07 Å². The van der Waals surface area contributed by atoms with E-state index in [-0.39, 0.29) is 0 Å². The summed E-state index contributed by atoms with van der Waals surface area (Å²) in [6.07, 6.45) is 5.32. The van der Waals surface area contributed by atoms with E-state index in [4.69, 9.17) is 5.26 Å². The third kappa shape index (κ3) is 2.62. The first-order valence-corrected chi connectivity index (χ1v) is 6.10. The Balaban J connectivity index is 1.94. The largest absolute Gasteiger partial charge is 0.310 e. The molecule has 2 nitrogen and oxygen atoms in total.